The van der Waals surface area contributed by atoms with Gasteiger partial charge in [-0.3, -0.25) is 0 Å². The summed E-state index contributed by atoms with van der Waals surface area (Å²) in [7, 11) is 0. The Labute approximate surface area is 103 Å². The molecule has 0 saturated carbocycles. The average Bonchev–Trinajstić information content (AvgIpc) is 2.56. The molecule has 1 unspecified atom stereocenters. The van der Waals surface area contributed by atoms with E-state index < -0.39 is 18.0 Å². The standard InChI is InChI=1S/C11H8BrF3O2/c1-5-6-3-2-4-7(12)9(6)17-8(5)10(16)11(13,14)15/h2-4,10,16H,1H3. The molecule has 1 atom stereocenters. The molecule has 0 spiro atoms. The van der Waals surface area contributed by atoms with Gasteiger partial charge in [-0.15, -0.1) is 0 Å². The lowest BCUT2D eigenvalue weighted by atomic mass is 10.1. The van der Waals surface area contributed by atoms with Gasteiger partial charge in [0.25, 0.3) is 0 Å². The fourth-order valence-electron chi connectivity index (χ4n) is 1.64. The monoisotopic (exact) mass is 308 g/mol. The SMILES string of the molecule is Cc1c(C(O)C(F)(F)F)oc2c(Br)cccc12. The van der Waals surface area contributed by atoms with E-state index in [2.05, 4.69) is 15.9 Å². The second kappa shape index (κ2) is 4.03. The smallest absolute Gasteiger partial charge is 0.421 e. The van der Waals surface area contributed by atoms with E-state index in [0.29, 0.717) is 21.0 Å². The Morgan fingerprint density at radius 2 is 2.00 bits per heavy atom. The van der Waals surface area contributed by atoms with Gasteiger partial charge in [-0.05, 0) is 28.9 Å². The molecule has 0 aliphatic heterocycles. The lowest BCUT2D eigenvalue weighted by molar-refractivity contribution is -0.211. The molecule has 0 fully saturated rings. The molecule has 2 aromatic rings. The Hall–Kier alpha value is -1.01. The molecule has 6 heteroatoms. The van der Waals surface area contributed by atoms with Crippen LogP contribution in [0.1, 0.15) is 17.4 Å². The van der Waals surface area contributed by atoms with Gasteiger partial charge in [0.1, 0.15) is 11.3 Å². The van der Waals surface area contributed by atoms with Crippen molar-refractivity contribution in [2.75, 3.05) is 0 Å². The number of aryl methyl sites for hydroxylation is 1. The van der Waals surface area contributed by atoms with Crippen LogP contribution in [0.15, 0.2) is 27.1 Å². The number of alkyl halides is 3. The predicted octanol–water partition coefficient (Wildman–Crippen LogP) is 4.10. The highest BCUT2D eigenvalue weighted by atomic mass is 79.9. The molecule has 0 aliphatic rings. The number of para-hydroxylation sites is 1. The number of halogens is 4. The van der Waals surface area contributed by atoms with Crippen LogP contribution in [0.3, 0.4) is 0 Å². The topological polar surface area (TPSA) is 33.4 Å². The number of fused-ring (bicyclic) bond motifs is 1. The lowest BCUT2D eigenvalue weighted by Gasteiger charge is -2.12. The number of furan rings is 1. The molecule has 2 nitrogen and oxygen atoms in total. The summed E-state index contributed by atoms with van der Waals surface area (Å²) in [5, 5.41) is 9.75. The summed E-state index contributed by atoms with van der Waals surface area (Å²) in [6.07, 6.45) is -7.33. The highest BCUT2D eigenvalue weighted by Gasteiger charge is 2.42. The summed E-state index contributed by atoms with van der Waals surface area (Å²) in [4.78, 5) is 0. The molecule has 1 aromatic heterocycles. The number of aliphatic hydroxyl groups is 1. The third-order valence-electron chi connectivity index (χ3n) is 2.51. The van der Waals surface area contributed by atoms with Gasteiger partial charge in [0.15, 0.2) is 0 Å². The molecule has 1 N–H and O–H groups in total. The summed E-state index contributed by atoms with van der Waals surface area (Å²) in [5.74, 6) is -0.459. The summed E-state index contributed by atoms with van der Waals surface area (Å²) in [6, 6.07) is 5.00. The zero-order valence-corrected chi connectivity index (χ0v) is 10.3. The van der Waals surface area contributed by atoms with E-state index >= 15 is 0 Å². The normalized spacial score (nSPS) is 14.2. The van der Waals surface area contributed by atoms with Gasteiger partial charge in [-0.1, -0.05) is 12.1 Å². The van der Waals surface area contributed by atoms with E-state index in [1.165, 1.54) is 6.92 Å². The van der Waals surface area contributed by atoms with Crippen molar-refractivity contribution >= 4 is 26.9 Å². The lowest BCUT2D eigenvalue weighted by Crippen LogP contribution is -2.20. The van der Waals surface area contributed by atoms with Gasteiger partial charge in [-0.2, -0.15) is 13.2 Å². The van der Waals surface area contributed by atoms with Gasteiger partial charge >= 0.3 is 6.18 Å². The minimum absolute atomic E-state index is 0.297. The molecule has 0 bridgehead atoms. The average molecular weight is 309 g/mol. The molecule has 1 aromatic carbocycles. The first kappa shape index (κ1) is 12.4. The maximum absolute atomic E-state index is 12.4. The van der Waals surface area contributed by atoms with Gasteiger partial charge in [0.05, 0.1) is 4.47 Å². The van der Waals surface area contributed by atoms with E-state index in [4.69, 9.17) is 4.42 Å². The first-order valence-electron chi connectivity index (χ1n) is 4.74. The van der Waals surface area contributed by atoms with Crippen LogP contribution in [-0.2, 0) is 0 Å². The Morgan fingerprint density at radius 3 is 2.53 bits per heavy atom. The first-order chi connectivity index (χ1) is 7.82. The third kappa shape index (κ3) is 2.07. The van der Waals surface area contributed by atoms with E-state index in [1.54, 1.807) is 18.2 Å². The third-order valence-corrected chi connectivity index (χ3v) is 3.14. The summed E-state index contributed by atoms with van der Waals surface area (Å²) in [5.41, 5.74) is 0.606. The molecule has 0 amide bonds. The zero-order chi connectivity index (χ0) is 12.8. The first-order valence-corrected chi connectivity index (χ1v) is 5.54. The molecule has 0 aliphatic carbocycles. The van der Waals surface area contributed by atoms with Crippen LogP contribution in [-0.4, -0.2) is 11.3 Å². The molecular formula is C11H8BrF3O2. The number of hydrogen-bond donors (Lipinski definition) is 1. The molecular weight excluding hydrogens is 301 g/mol. The predicted molar refractivity (Wildman–Crippen MR) is 59.7 cm³/mol. The fourth-order valence-corrected chi connectivity index (χ4v) is 2.08. The van der Waals surface area contributed by atoms with Crippen molar-refractivity contribution in [3.8, 4) is 0 Å². The maximum Gasteiger partial charge on any atom is 0.421 e. The number of rotatable bonds is 1. The summed E-state index contributed by atoms with van der Waals surface area (Å²) < 4.78 is 42.9. The van der Waals surface area contributed by atoms with Crippen LogP contribution in [0, 0.1) is 6.92 Å². The van der Waals surface area contributed by atoms with Crippen molar-refractivity contribution in [3.63, 3.8) is 0 Å². The minimum Gasteiger partial charge on any atom is -0.456 e. The van der Waals surface area contributed by atoms with Crippen LogP contribution in [0.5, 0.6) is 0 Å². The van der Waals surface area contributed by atoms with Crippen molar-refractivity contribution in [2.45, 2.75) is 19.2 Å². The quantitative estimate of drug-likeness (QED) is 0.860. The second-order valence-corrected chi connectivity index (χ2v) is 4.51. The second-order valence-electron chi connectivity index (χ2n) is 3.65. The molecule has 0 saturated heterocycles. The van der Waals surface area contributed by atoms with Crippen LogP contribution in [0.25, 0.3) is 11.0 Å². The van der Waals surface area contributed by atoms with Gasteiger partial charge in [0, 0.05) is 10.9 Å². The summed E-state index contributed by atoms with van der Waals surface area (Å²) >= 11 is 3.19. The van der Waals surface area contributed by atoms with Crippen LogP contribution < -0.4 is 0 Å². The number of aliphatic hydroxyl groups excluding tert-OH is 1. The van der Waals surface area contributed by atoms with Crippen LogP contribution >= 0.6 is 15.9 Å². The van der Waals surface area contributed by atoms with Crippen molar-refractivity contribution in [1.82, 2.24) is 0 Å². The van der Waals surface area contributed by atoms with Crippen molar-refractivity contribution in [2.24, 2.45) is 0 Å². The van der Waals surface area contributed by atoms with E-state index in [0.717, 1.165) is 0 Å². The largest absolute Gasteiger partial charge is 0.456 e. The van der Waals surface area contributed by atoms with Gasteiger partial charge in [-0.25, -0.2) is 0 Å². The Bertz CT molecular complexity index is 560. The van der Waals surface area contributed by atoms with Crippen molar-refractivity contribution in [3.05, 3.63) is 34.0 Å². The highest BCUT2D eigenvalue weighted by Crippen LogP contribution is 2.39. The zero-order valence-electron chi connectivity index (χ0n) is 8.68. The molecule has 1 heterocycles. The Kier molecular flexibility index (Phi) is 2.95. The molecule has 2 rings (SSSR count). The fraction of sp³-hybridized carbons (Fsp3) is 0.273. The van der Waals surface area contributed by atoms with Crippen molar-refractivity contribution in [1.29, 1.82) is 0 Å². The highest BCUT2D eigenvalue weighted by molar-refractivity contribution is 9.10. The van der Waals surface area contributed by atoms with Gasteiger partial charge < -0.3 is 9.52 Å². The van der Waals surface area contributed by atoms with Crippen molar-refractivity contribution < 1.29 is 22.7 Å². The molecule has 0 radical (unpaired) electrons. The van der Waals surface area contributed by atoms with E-state index in [9.17, 15) is 18.3 Å². The van der Waals surface area contributed by atoms with Gasteiger partial charge in [0.2, 0.25) is 6.10 Å². The number of hydrogen-bond acceptors (Lipinski definition) is 2. The molecule has 17 heavy (non-hydrogen) atoms. The Morgan fingerprint density at radius 1 is 1.35 bits per heavy atom. The summed E-state index contributed by atoms with van der Waals surface area (Å²) in [6.45, 7) is 1.49. The maximum atomic E-state index is 12.4. The Balaban J connectivity index is 2.64. The van der Waals surface area contributed by atoms with E-state index in [1.807, 2.05) is 0 Å². The van der Waals surface area contributed by atoms with Crippen LogP contribution in [0.4, 0.5) is 13.2 Å². The van der Waals surface area contributed by atoms with Crippen LogP contribution in [0.2, 0.25) is 0 Å². The van der Waals surface area contributed by atoms with E-state index in [-0.39, 0.29) is 0 Å². The minimum atomic E-state index is -4.73. The number of benzene rings is 1. The molecule has 92 valence electrons.